The lowest BCUT2D eigenvalue weighted by atomic mass is 10.1. The standard InChI is InChI=1S/C17H20N4O3/c1-17(2,3)21-15(22)13-9-14(19-10-18-13)20-12-8-6-5-7-11(12)16(23)24-4/h5-10H,1-4H3,(H,21,22)(H,18,19,20). The summed E-state index contributed by atoms with van der Waals surface area (Å²) in [5, 5.41) is 5.85. The zero-order valence-electron chi connectivity index (χ0n) is 14.1. The van der Waals surface area contributed by atoms with E-state index in [1.165, 1.54) is 19.5 Å². The molecular weight excluding hydrogens is 308 g/mol. The number of aromatic nitrogens is 2. The van der Waals surface area contributed by atoms with Crippen molar-refractivity contribution in [2.45, 2.75) is 26.3 Å². The second-order valence-corrected chi connectivity index (χ2v) is 6.15. The van der Waals surface area contributed by atoms with Gasteiger partial charge in [-0.25, -0.2) is 14.8 Å². The molecule has 0 saturated heterocycles. The molecule has 1 heterocycles. The summed E-state index contributed by atoms with van der Waals surface area (Å²) >= 11 is 0. The predicted octanol–water partition coefficient (Wildman–Crippen LogP) is 2.54. The normalized spacial score (nSPS) is 10.8. The summed E-state index contributed by atoms with van der Waals surface area (Å²) in [6.45, 7) is 5.66. The number of carbonyl (C=O) groups excluding carboxylic acids is 2. The average molecular weight is 328 g/mol. The number of rotatable bonds is 4. The number of hydrogen-bond acceptors (Lipinski definition) is 6. The van der Waals surface area contributed by atoms with E-state index in [1.54, 1.807) is 24.3 Å². The topological polar surface area (TPSA) is 93.2 Å². The molecule has 0 fully saturated rings. The second-order valence-electron chi connectivity index (χ2n) is 6.15. The van der Waals surface area contributed by atoms with E-state index in [4.69, 9.17) is 4.74 Å². The maximum atomic E-state index is 12.2. The molecule has 0 aliphatic rings. The van der Waals surface area contributed by atoms with E-state index in [2.05, 4.69) is 20.6 Å². The fraction of sp³-hybridized carbons (Fsp3) is 0.294. The van der Waals surface area contributed by atoms with Crippen molar-refractivity contribution >= 4 is 23.4 Å². The van der Waals surface area contributed by atoms with Gasteiger partial charge in [0.1, 0.15) is 17.8 Å². The van der Waals surface area contributed by atoms with Gasteiger partial charge in [0.15, 0.2) is 0 Å². The van der Waals surface area contributed by atoms with E-state index in [9.17, 15) is 9.59 Å². The van der Waals surface area contributed by atoms with Crippen molar-refractivity contribution in [3.63, 3.8) is 0 Å². The summed E-state index contributed by atoms with van der Waals surface area (Å²) in [5.41, 5.74) is 0.773. The molecule has 2 aromatic rings. The fourth-order valence-electron chi connectivity index (χ4n) is 1.97. The lowest BCUT2D eigenvalue weighted by Crippen LogP contribution is -2.40. The molecule has 1 aromatic heterocycles. The van der Waals surface area contributed by atoms with Gasteiger partial charge in [-0.2, -0.15) is 0 Å². The molecule has 0 aliphatic heterocycles. The Morgan fingerprint density at radius 3 is 2.50 bits per heavy atom. The van der Waals surface area contributed by atoms with Crippen molar-refractivity contribution in [2.24, 2.45) is 0 Å². The van der Waals surface area contributed by atoms with Gasteiger partial charge in [0, 0.05) is 11.6 Å². The van der Waals surface area contributed by atoms with Crippen molar-refractivity contribution in [2.75, 3.05) is 12.4 Å². The first-order valence-corrected chi connectivity index (χ1v) is 7.39. The summed E-state index contributed by atoms with van der Waals surface area (Å²) < 4.78 is 4.76. The van der Waals surface area contributed by atoms with Crippen LogP contribution in [0.4, 0.5) is 11.5 Å². The van der Waals surface area contributed by atoms with Gasteiger partial charge in [-0.1, -0.05) is 12.1 Å². The van der Waals surface area contributed by atoms with E-state index in [1.807, 2.05) is 20.8 Å². The van der Waals surface area contributed by atoms with Gasteiger partial charge in [-0.15, -0.1) is 0 Å². The lowest BCUT2D eigenvalue weighted by molar-refractivity contribution is 0.0601. The highest BCUT2D eigenvalue weighted by atomic mass is 16.5. The molecule has 1 aromatic carbocycles. The molecule has 1 amide bonds. The molecule has 7 heteroatoms. The lowest BCUT2D eigenvalue weighted by Gasteiger charge is -2.20. The molecule has 0 unspecified atom stereocenters. The second kappa shape index (κ2) is 7.08. The molecule has 0 aliphatic carbocycles. The quantitative estimate of drug-likeness (QED) is 0.838. The summed E-state index contributed by atoms with van der Waals surface area (Å²) in [4.78, 5) is 32.0. The van der Waals surface area contributed by atoms with Gasteiger partial charge in [0.2, 0.25) is 0 Å². The summed E-state index contributed by atoms with van der Waals surface area (Å²) in [7, 11) is 1.32. The van der Waals surface area contributed by atoms with Crippen LogP contribution in [0.5, 0.6) is 0 Å². The zero-order valence-corrected chi connectivity index (χ0v) is 14.1. The smallest absolute Gasteiger partial charge is 0.339 e. The number of benzene rings is 1. The van der Waals surface area contributed by atoms with Crippen molar-refractivity contribution in [3.8, 4) is 0 Å². The number of hydrogen-bond donors (Lipinski definition) is 2. The maximum Gasteiger partial charge on any atom is 0.339 e. The van der Waals surface area contributed by atoms with Gasteiger partial charge >= 0.3 is 5.97 Å². The first-order valence-electron chi connectivity index (χ1n) is 7.39. The van der Waals surface area contributed by atoms with Crippen LogP contribution in [0, 0.1) is 0 Å². The number of nitrogens with zero attached hydrogens (tertiary/aromatic N) is 2. The number of esters is 1. The van der Waals surface area contributed by atoms with Crippen LogP contribution in [0.25, 0.3) is 0 Å². The van der Waals surface area contributed by atoms with E-state index in [0.29, 0.717) is 17.1 Å². The molecule has 2 rings (SSSR count). The van der Waals surface area contributed by atoms with Crippen molar-refractivity contribution in [1.29, 1.82) is 0 Å². The number of carbonyl (C=O) groups is 2. The van der Waals surface area contributed by atoms with Crippen LogP contribution in [0.2, 0.25) is 0 Å². The number of amides is 1. The Morgan fingerprint density at radius 2 is 1.83 bits per heavy atom. The average Bonchev–Trinajstić information content (AvgIpc) is 2.53. The minimum absolute atomic E-state index is 0.234. The Bertz CT molecular complexity index is 753. The van der Waals surface area contributed by atoms with Crippen LogP contribution in [-0.4, -0.2) is 34.5 Å². The first kappa shape index (κ1) is 17.4. The Morgan fingerprint density at radius 1 is 1.12 bits per heavy atom. The van der Waals surface area contributed by atoms with Gasteiger partial charge in [0.05, 0.1) is 18.4 Å². The number of para-hydroxylation sites is 1. The minimum Gasteiger partial charge on any atom is -0.465 e. The third-order valence-corrected chi connectivity index (χ3v) is 2.98. The van der Waals surface area contributed by atoms with Crippen molar-refractivity contribution in [1.82, 2.24) is 15.3 Å². The summed E-state index contributed by atoms with van der Waals surface area (Å²) in [5.74, 6) is -0.354. The summed E-state index contributed by atoms with van der Waals surface area (Å²) in [6.07, 6.45) is 1.29. The Hall–Kier alpha value is -2.96. The van der Waals surface area contributed by atoms with Crippen LogP contribution in [0.15, 0.2) is 36.7 Å². The molecule has 0 spiro atoms. The molecule has 2 N–H and O–H groups in total. The van der Waals surface area contributed by atoms with Crippen molar-refractivity contribution in [3.05, 3.63) is 47.9 Å². The third-order valence-electron chi connectivity index (χ3n) is 2.98. The van der Waals surface area contributed by atoms with Crippen LogP contribution >= 0.6 is 0 Å². The fourth-order valence-corrected chi connectivity index (χ4v) is 1.97. The minimum atomic E-state index is -0.460. The number of anilines is 2. The van der Waals surface area contributed by atoms with Crippen molar-refractivity contribution < 1.29 is 14.3 Å². The molecule has 0 bridgehead atoms. The highest BCUT2D eigenvalue weighted by Crippen LogP contribution is 2.20. The Kier molecular flexibility index (Phi) is 5.13. The molecule has 7 nitrogen and oxygen atoms in total. The number of methoxy groups -OCH3 is 1. The highest BCUT2D eigenvalue weighted by Gasteiger charge is 2.17. The number of nitrogens with one attached hydrogen (secondary N) is 2. The molecule has 0 saturated carbocycles. The van der Waals surface area contributed by atoms with Crippen LogP contribution in [0.3, 0.4) is 0 Å². The Balaban J connectivity index is 2.25. The van der Waals surface area contributed by atoms with E-state index in [0.717, 1.165) is 0 Å². The molecule has 0 atom stereocenters. The summed E-state index contributed by atoms with van der Waals surface area (Å²) in [6, 6.07) is 8.41. The van der Waals surface area contributed by atoms with Crippen LogP contribution in [0.1, 0.15) is 41.6 Å². The maximum absolute atomic E-state index is 12.2. The highest BCUT2D eigenvalue weighted by molar-refractivity contribution is 5.97. The van der Waals surface area contributed by atoms with Crippen LogP contribution < -0.4 is 10.6 Å². The zero-order chi connectivity index (χ0) is 17.7. The monoisotopic (exact) mass is 328 g/mol. The van der Waals surface area contributed by atoms with Gasteiger partial charge < -0.3 is 15.4 Å². The van der Waals surface area contributed by atoms with E-state index >= 15 is 0 Å². The molecular formula is C17H20N4O3. The van der Waals surface area contributed by atoms with E-state index < -0.39 is 5.97 Å². The predicted molar refractivity (Wildman–Crippen MR) is 90.3 cm³/mol. The SMILES string of the molecule is COC(=O)c1ccccc1Nc1cc(C(=O)NC(C)(C)C)ncn1. The number of ether oxygens (including phenoxy) is 1. The van der Waals surface area contributed by atoms with Gasteiger partial charge in [0.25, 0.3) is 5.91 Å². The van der Waals surface area contributed by atoms with Crippen LogP contribution in [-0.2, 0) is 4.74 Å². The van der Waals surface area contributed by atoms with E-state index in [-0.39, 0.29) is 17.1 Å². The molecule has 24 heavy (non-hydrogen) atoms. The largest absolute Gasteiger partial charge is 0.465 e. The Labute approximate surface area is 140 Å². The van der Waals surface area contributed by atoms with Gasteiger partial charge in [-0.3, -0.25) is 4.79 Å². The molecule has 0 radical (unpaired) electrons. The van der Waals surface area contributed by atoms with Gasteiger partial charge in [-0.05, 0) is 32.9 Å². The molecule has 126 valence electrons. The third kappa shape index (κ3) is 4.52. The first-order chi connectivity index (χ1) is 11.3.